The summed E-state index contributed by atoms with van der Waals surface area (Å²) in [6.07, 6.45) is -2.52. The third-order valence-electron chi connectivity index (χ3n) is 4.85. The molecule has 6 nitrogen and oxygen atoms in total. The van der Waals surface area contributed by atoms with Gasteiger partial charge in [0.1, 0.15) is 0 Å². The van der Waals surface area contributed by atoms with Crippen LogP contribution in [0.15, 0.2) is 29.6 Å². The fourth-order valence-corrected chi connectivity index (χ4v) is 3.98. The number of likely N-dealkylation sites (tertiary alicyclic amines) is 1. The number of aliphatic hydroxyl groups is 1. The topological polar surface area (TPSA) is 77.5 Å². The largest absolute Gasteiger partial charge is 0.418 e. The lowest BCUT2D eigenvalue weighted by Crippen LogP contribution is -2.42. The summed E-state index contributed by atoms with van der Waals surface area (Å²) in [6.45, 7) is 1.51. The number of carbonyl (C=O) groups excluding carboxylic acids is 1. The summed E-state index contributed by atoms with van der Waals surface area (Å²) in [5.41, 5.74) is 0.153. The van der Waals surface area contributed by atoms with Crippen molar-refractivity contribution in [3.63, 3.8) is 0 Å². The van der Waals surface area contributed by atoms with Gasteiger partial charge in [0.2, 0.25) is 0 Å². The third kappa shape index (κ3) is 5.83. The normalized spacial score (nSPS) is 15.4. The number of piperidine rings is 1. The summed E-state index contributed by atoms with van der Waals surface area (Å²) in [5.74, 6) is 0.191. The van der Waals surface area contributed by atoms with Gasteiger partial charge in [-0.25, -0.2) is 9.78 Å². The van der Waals surface area contributed by atoms with E-state index >= 15 is 0 Å². The zero-order valence-corrected chi connectivity index (χ0v) is 16.5. The summed E-state index contributed by atoms with van der Waals surface area (Å²) in [6, 6.07) is 5.23. The van der Waals surface area contributed by atoms with Crippen LogP contribution in [0.4, 0.5) is 28.8 Å². The molecule has 1 saturated heterocycles. The molecule has 0 aliphatic carbocycles. The highest BCUT2D eigenvalue weighted by atomic mass is 32.1. The number of aliphatic hydroxyl groups excluding tert-OH is 1. The molecule has 3 N–H and O–H groups in total. The number of nitrogens with one attached hydrogen (secondary N) is 2. The van der Waals surface area contributed by atoms with Crippen LogP contribution in [-0.2, 0) is 12.6 Å². The second kappa shape index (κ2) is 9.45. The quantitative estimate of drug-likeness (QED) is 0.649. The van der Waals surface area contributed by atoms with Crippen molar-refractivity contribution in [3.8, 4) is 0 Å². The van der Waals surface area contributed by atoms with Gasteiger partial charge in [-0.15, -0.1) is 11.3 Å². The Morgan fingerprint density at radius 1 is 1.28 bits per heavy atom. The Morgan fingerprint density at radius 2 is 2.00 bits per heavy atom. The van der Waals surface area contributed by atoms with Crippen molar-refractivity contribution < 1.29 is 23.1 Å². The predicted molar refractivity (Wildman–Crippen MR) is 106 cm³/mol. The van der Waals surface area contributed by atoms with E-state index < -0.39 is 11.7 Å². The molecule has 0 unspecified atom stereocenters. The van der Waals surface area contributed by atoms with Crippen molar-refractivity contribution in [2.24, 2.45) is 5.92 Å². The summed E-state index contributed by atoms with van der Waals surface area (Å²) in [7, 11) is 0. The second-order valence-electron chi connectivity index (χ2n) is 6.90. The van der Waals surface area contributed by atoms with Crippen LogP contribution in [0.2, 0.25) is 0 Å². The number of hydrogen-bond acceptors (Lipinski definition) is 5. The summed E-state index contributed by atoms with van der Waals surface area (Å²) in [4.78, 5) is 18.3. The number of alkyl halides is 3. The molecule has 0 atom stereocenters. The van der Waals surface area contributed by atoms with E-state index in [1.165, 1.54) is 23.5 Å². The first-order chi connectivity index (χ1) is 13.9. The number of nitrogens with zero attached hydrogens (tertiary/aromatic N) is 2. The van der Waals surface area contributed by atoms with E-state index in [1.54, 1.807) is 16.3 Å². The number of aromatic nitrogens is 1. The third-order valence-corrected chi connectivity index (χ3v) is 5.66. The smallest absolute Gasteiger partial charge is 0.396 e. The average molecular weight is 428 g/mol. The van der Waals surface area contributed by atoms with Gasteiger partial charge in [-0.1, -0.05) is 12.1 Å². The molecule has 0 radical (unpaired) electrons. The van der Waals surface area contributed by atoms with Crippen LogP contribution in [0.3, 0.4) is 0 Å². The number of rotatable bonds is 6. The van der Waals surface area contributed by atoms with E-state index in [-0.39, 0.29) is 24.2 Å². The van der Waals surface area contributed by atoms with Crippen LogP contribution >= 0.6 is 11.3 Å². The van der Waals surface area contributed by atoms with Crippen molar-refractivity contribution in [3.05, 3.63) is 40.9 Å². The highest BCUT2D eigenvalue weighted by Crippen LogP contribution is 2.34. The number of anilines is 2. The van der Waals surface area contributed by atoms with E-state index in [1.807, 2.05) is 0 Å². The van der Waals surface area contributed by atoms with E-state index in [0.29, 0.717) is 44.0 Å². The van der Waals surface area contributed by atoms with E-state index in [0.717, 1.165) is 11.8 Å². The number of thiazole rings is 1. The summed E-state index contributed by atoms with van der Waals surface area (Å²) >= 11 is 1.31. The van der Waals surface area contributed by atoms with Gasteiger partial charge in [0.15, 0.2) is 5.13 Å². The van der Waals surface area contributed by atoms with Crippen LogP contribution in [-0.4, -0.2) is 47.3 Å². The van der Waals surface area contributed by atoms with E-state index in [2.05, 4.69) is 15.6 Å². The highest BCUT2D eigenvalue weighted by molar-refractivity contribution is 7.13. The molecule has 10 heteroatoms. The molecule has 1 aliphatic heterocycles. The number of halogens is 3. The molecule has 1 aromatic heterocycles. The SMILES string of the molecule is O=C(Nc1nc(CCO)cs1)N1CCC(CNc2ccccc2C(F)(F)F)CC1. The zero-order valence-electron chi connectivity index (χ0n) is 15.7. The van der Waals surface area contributed by atoms with Crippen molar-refractivity contribution >= 4 is 28.2 Å². The maximum Gasteiger partial charge on any atom is 0.418 e. The summed E-state index contributed by atoms with van der Waals surface area (Å²) in [5, 5.41) is 16.9. The van der Waals surface area contributed by atoms with Crippen LogP contribution in [0.1, 0.15) is 24.1 Å². The first-order valence-corrected chi connectivity index (χ1v) is 10.3. The molecule has 1 fully saturated rings. The lowest BCUT2D eigenvalue weighted by atomic mass is 9.96. The minimum atomic E-state index is -4.39. The van der Waals surface area contributed by atoms with E-state index in [4.69, 9.17) is 5.11 Å². The zero-order chi connectivity index (χ0) is 20.9. The molecule has 1 aromatic carbocycles. The van der Waals surface area contributed by atoms with Crippen molar-refractivity contribution in [1.29, 1.82) is 0 Å². The van der Waals surface area contributed by atoms with Crippen molar-refractivity contribution in [2.75, 3.05) is 36.9 Å². The van der Waals surface area contributed by atoms with Crippen LogP contribution in [0.25, 0.3) is 0 Å². The van der Waals surface area contributed by atoms with E-state index in [9.17, 15) is 18.0 Å². The molecule has 3 rings (SSSR count). The average Bonchev–Trinajstić information content (AvgIpc) is 3.13. The Hall–Kier alpha value is -2.33. The Morgan fingerprint density at radius 3 is 2.69 bits per heavy atom. The lowest BCUT2D eigenvalue weighted by molar-refractivity contribution is -0.137. The maximum absolute atomic E-state index is 13.1. The molecular weight excluding hydrogens is 405 g/mol. The van der Waals surface area contributed by atoms with Gasteiger partial charge in [-0.2, -0.15) is 13.2 Å². The van der Waals surface area contributed by atoms with Crippen molar-refractivity contribution in [2.45, 2.75) is 25.4 Å². The Balaban J connectivity index is 1.46. The molecule has 2 amide bonds. The van der Waals surface area contributed by atoms with Gasteiger partial charge in [-0.3, -0.25) is 5.32 Å². The van der Waals surface area contributed by atoms with Gasteiger partial charge in [0, 0.05) is 43.7 Å². The monoisotopic (exact) mass is 428 g/mol. The molecule has 1 aliphatic rings. The number of carbonyl (C=O) groups is 1. The number of hydrogen-bond donors (Lipinski definition) is 3. The highest BCUT2D eigenvalue weighted by Gasteiger charge is 2.33. The van der Waals surface area contributed by atoms with Gasteiger partial charge in [-0.05, 0) is 30.9 Å². The minimum absolute atomic E-state index is 0.00607. The molecule has 0 bridgehead atoms. The first-order valence-electron chi connectivity index (χ1n) is 9.38. The number of amides is 2. The maximum atomic E-state index is 13.1. The molecule has 158 valence electrons. The van der Waals surface area contributed by atoms with Crippen LogP contribution < -0.4 is 10.6 Å². The number of benzene rings is 1. The standard InChI is InChI=1S/C19H23F3N4O2S/c20-19(21,22)15-3-1-2-4-16(15)23-11-13-5-8-26(9-6-13)18(28)25-17-24-14(7-10-27)12-29-17/h1-4,12-13,23,27H,5-11H2,(H,24,25,28). The second-order valence-corrected chi connectivity index (χ2v) is 7.76. The Labute approximate surface area is 170 Å². The fraction of sp³-hybridized carbons (Fsp3) is 0.474. The molecular formula is C19H23F3N4O2S. The molecule has 0 spiro atoms. The molecule has 0 saturated carbocycles. The fourth-order valence-electron chi connectivity index (χ4n) is 3.24. The van der Waals surface area contributed by atoms with Gasteiger partial charge < -0.3 is 15.3 Å². The van der Waals surface area contributed by atoms with Gasteiger partial charge in [0.05, 0.1) is 11.3 Å². The summed E-state index contributed by atoms with van der Waals surface area (Å²) < 4.78 is 39.2. The molecule has 2 aromatic rings. The molecule has 29 heavy (non-hydrogen) atoms. The van der Waals surface area contributed by atoms with Gasteiger partial charge in [0.25, 0.3) is 0 Å². The Bertz CT molecular complexity index is 820. The Kier molecular flexibility index (Phi) is 6.96. The number of para-hydroxylation sites is 1. The lowest BCUT2D eigenvalue weighted by Gasteiger charge is -2.32. The predicted octanol–water partition coefficient (Wildman–Crippen LogP) is 4.05. The van der Waals surface area contributed by atoms with Gasteiger partial charge >= 0.3 is 12.2 Å². The van der Waals surface area contributed by atoms with Crippen LogP contribution in [0, 0.1) is 5.92 Å². The van der Waals surface area contributed by atoms with Crippen molar-refractivity contribution in [1.82, 2.24) is 9.88 Å². The minimum Gasteiger partial charge on any atom is -0.396 e. The molecule has 2 heterocycles. The number of urea groups is 1. The first kappa shape index (κ1) is 21.4. The van der Waals surface area contributed by atoms with Crippen LogP contribution in [0.5, 0.6) is 0 Å².